The van der Waals surface area contributed by atoms with E-state index < -0.39 is 0 Å². The smallest absolute Gasteiger partial charge is 0.387 e. The molecule has 37 valence electrons. The molecule has 4 nitrogen and oxygen atoms in total. The van der Waals surface area contributed by atoms with E-state index in [0.717, 1.165) is 6.21 Å². The predicted molar refractivity (Wildman–Crippen MR) is 25.6 cm³/mol. The third kappa shape index (κ3) is 5.16. The first-order chi connectivity index (χ1) is 3.41. The Morgan fingerprint density at radius 2 is 2.29 bits per heavy atom. The standard InChI is InChI=1S/C2H3N2O2Si/c5-3-1-2-4-6-7/h1-2,5H. The summed E-state index contributed by atoms with van der Waals surface area (Å²) in [6.45, 7) is 0. The second kappa shape index (κ2) is 5.16. The zero-order valence-corrected chi connectivity index (χ0v) is 4.40. The van der Waals surface area contributed by atoms with Crippen molar-refractivity contribution in [2.45, 2.75) is 0 Å². The second-order valence-electron chi connectivity index (χ2n) is 0.610. The minimum atomic E-state index is 1.07. The lowest BCUT2D eigenvalue weighted by Crippen LogP contribution is -1.76. The molecule has 0 aromatic carbocycles. The van der Waals surface area contributed by atoms with Crippen molar-refractivity contribution in [1.29, 1.82) is 0 Å². The third-order valence-corrected chi connectivity index (χ3v) is 0.352. The fourth-order valence-electron chi connectivity index (χ4n) is 0.0875. The van der Waals surface area contributed by atoms with Gasteiger partial charge in [-0.3, -0.25) is 0 Å². The molecule has 0 unspecified atom stereocenters. The van der Waals surface area contributed by atoms with Crippen LogP contribution in [0.25, 0.3) is 0 Å². The quantitative estimate of drug-likeness (QED) is 0.229. The monoisotopic (exact) mass is 115 g/mol. The van der Waals surface area contributed by atoms with Crippen LogP contribution in [0.4, 0.5) is 0 Å². The van der Waals surface area contributed by atoms with Gasteiger partial charge in [-0.1, -0.05) is 5.16 Å². The van der Waals surface area contributed by atoms with Crippen LogP contribution >= 0.6 is 0 Å². The predicted octanol–water partition coefficient (Wildman–Crippen LogP) is -0.468. The zero-order chi connectivity index (χ0) is 5.54. The Morgan fingerprint density at radius 3 is 2.71 bits per heavy atom. The van der Waals surface area contributed by atoms with Crippen molar-refractivity contribution >= 4 is 22.9 Å². The van der Waals surface area contributed by atoms with Crippen LogP contribution in [0.5, 0.6) is 0 Å². The van der Waals surface area contributed by atoms with Gasteiger partial charge < -0.3 is 9.73 Å². The molecule has 0 saturated carbocycles. The Labute approximate surface area is 44.0 Å². The van der Waals surface area contributed by atoms with E-state index in [1.165, 1.54) is 6.21 Å². The Bertz CT molecular complexity index is 81.8. The summed E-state index contributed by atoms with van der Waals surface area (Å²) in [5, 5.41) is 13.4. The summed E-state index contributed by atoms with van der Waals surface area (Å²) in [6, 6.07) is 0. The van der Waals surface area contributed by atoms with Gasteiger partial charge in [0.05, 0.1) is 12.4 Å². The molecule has 0 aliphatic rings. The molecule has 5 heteroatoms. The van der Waals surface area contributed by atoms with Gasteiger partial charge in [-0.25, -0.2) is 0 Å². The molecule has 0 amide bonds. The van der Waals surface area contributed by atoms with Gasteiger partial charge in [-0.15, -0.1) is 5.16 Å². The van der Waals surface area contributed by atoms with E-state index in [1.807, 2.05) is 0 Å². The summed E-state index contributed by atoms with van der Waals surface area (Å²) in [5.41, 5.74) is 0. The molecular formula is C2H3N2O2Si. The Morgan fingerprint density at radius 1 is 1.57 bits per heavy atom. The van der Waals surface area contributed by atoms with Crippen molar-refractivity contribution in [2.24, 2.45) is 10.3 Å². The van der Waals surface area contributed by atoms with Crippen LogP contribution in [0, 0.1) is 0 Å². The van der Waals surface area contributed by atoms with Crippen LogP contribution in [-0.2, 0) is 4.53 Å². The van der Waals surface area contributed by atoms with Crippen LogP contribution in [-0.4, -0.2) is 28.1 Å². The summed E-state index contributed by atoms with van der Waals surface area (Å²) in [7, 11) is 2.58. The topological polar surface area (TPSA) is 54.2 Å². The van der Waals surface area contributed by atoms with Gasteiger partial charge in [0.1, 0.15) is 0 Å². The lowest BCUT2D eigenvalue weighted by molar-refractivity contribution is 0.322. The second-order valence-corrected chi connectivity index (χ2v) is 0.793. The Hall–Kier alpha value is -0.843. The van der Waals surface area contributed by atoms with Crippen LogP contribution in [0.15, 0.2) is 10.3 Å². The number of rotatable bonds is 2. The van der Waals surface area contributed by atoms with Crippen molar-refractivity contribution in [1.82, 2.24) is 0 Å². The Kier molecular flexibility index (Phi) is 4.54. The molecule has 0 spiro atoms. The average Bonchev–Trinajstić information content (AvgIpc) is 1.69. The van der Waals surface area contributed by atoms with Crippen LogP contribution < -0.4 is 0 Å². The van der Waals surface area contributed by atoms with Crippen molar-refractivity contribution in [3.8, 4) is 0 Å². The molecule has 0 heterocycles. The molecule has 0 rings (SSSR count). The van der Waals surface area contributed by atoms with Crippen molar-refractivity contribution in [3.63, 3.8) is 0 Å². The van der Waals surface area contributed by atoms with Crippen LogP contribution in [0.2, 0.25) is 0 Å². The normalized spacial score (nSPS) is 11.0. The van der Waals surface area contributed by atoms with Gasteiger partial charge >= 0.3 is 10.5 Å². The first kappa shape index (κ1) is 6.16. The van der Waals surface area contributed by atoms with E-state index in [2.05, 4.69) is 25.3 Å². The van der Waals surface area contributed by atoms with Gasteiger partial charge in [-0.05, 0) is 0 Å². The van der Waals surface area contributed by atoms with E-state index in [-0.39, 0.29) is 0 Å². The van der Waals surface area contributed by atoms with E-state index >= 15 is 0 Å². The summed E-state index contributed by atoms with van der Waals surface area (Å²) in [6.07, 6.45) is 2.24. The van der Waals surface area contributed by atoms with Crippen LogP contribution in [0.1, 0.15) is 0 Å². The average molecular weight is 115 g/mol. The van der Waals surface area contributed by atoms with E-state index in [0.29, 0.717) is 0 Å². The minimum absolute atomic E-state index is 1.07. The van der Waals surface area contributed by atoms with Crippen molar-refractivity contribution in [3.05, 3.63) is 0 Å². The maximum absolute atomic E-state index is 7.70. The fourth-order valence-corrected chi connectivity index (χ4v) is 0.148. The molecule has 1 N–H and O–H groups in total. The van der Waals surface area contributed by atoms with Gasteiger partial charge in [0.2, 0.25) is 0 Å². The molecule has 7 heavy (non-hydrogen) atoms. The summed E-state index contributed by atoms with van der Waals surface area (Å²) >= 11 is 0. The highest BCUT2D eigenvalue weighted by atomic mass is 28.2. The molecular weight excluding hydrogens is 112 g/mol. The highest BCUT2D eigenvalue weighted by molar-refractivity contribution is 6.15. The molecule has 0 aromatic rings. The maximum atomic E-state index is 7.70. The largest absolute Gasteiger partial charge is 0.454 e. The van der Waals surface area contributed by atoms with Gasteiger partial charge in [0.15, 0.2) is 0 Å². The molecule has 0 atom stereocenters. The zero-order valence-electron chi connectivity index (χ0n) is 3.40. The summed E-state index contributed by atoms with van der Waals surface area (Å²) in [5.74, 6) is 0. The molecule has 3 radical (unpaired) electrons. The Balaban J connectivity index is 3.09. The molecule has 0 saturated heterocycles. The van der Waals surface area contributed by atoms with Crippen LogP contribution in [0.3, 0.4) is 0 Å². The van der Waals surface area contributed by atoms with E-state index in [9.17, 15) is 0 Å². The first-order valence-electron chi connectivity index (χ1n) is 1.44. The van der Waals surface area contributed by atoms with Gasteiger partial charge in [0, 0.05) is 0 Å². The van der Waals surface area contributed by atoms with Crippen molar-refractivity contribution < 1.29 is 9.73 Å². The highest BCUT2D eigenvalue weighted by Crippen LogP contribution is 1.57. The summed E-state index contributed by atoms with van der Waals surface area (Å²) in [4.78, 5) is 0. The maximum Gasteiger partial charge on any atom is 0.387 e. The van der Waals surface area contributed by atoms with Gasteiger partial charge in [-0.2, -0.15) is 0 Å². The SMILES string of the molecule is ON=CC=NO[Si]. The lowest BCUT2D eigenvalue weighted by atomic mass is 10.8. The summed E-state index contributed by atoms with van der Waals surface area (Å²) < 4.78 is 4.02. The lowest BCUT2D eigenvalue weighted by Gasteiger charge is -1.76. The molecule has 0 aromatic heterocycles. The molecule has 0 bridgehead atoms. The molecule has 0 aliphatic carbocycles. The molecule has 0 fully saturated rings. The van der Waals surface area contributed by atoms with E-state index in [4.69, 9.17) is 5.21 Å². The first-order valence-corrected chi connectivity index (χ1v) is 1.84. The number of nitrogens with zero attached hydrogens (tertiary/aromatic N) is 2. The highest BCUT2D eigenvalue weighted by Gasteiger charge is 1.59. The fraction of sp³-hybridized carbons (Fsp3) is 0. The third-order valence-electron chi connectivity index (χ3n) is 0.247. The number of oxime groups is 2. The number of hydrogen-bond donors (Lipinski definition) is 1. The molecule has 0 aliphatic heterocycles. The van der Waals surface area contributed by atoms with E-state index in [1.54, 1.807) is 0 Å². The number of hydrogen-bond acceptors (Lipinski definition) is 4. The minimum Gasteiger partial charge on any atom is -0.454 e. The van der Waals surface area contributed by atoms with Gasteiger partial charge in [0.25, 0.3) is 0 Å². The van der Waals surface area contributed by atoms with Crippen molar-refractivity contribution in [2.75, 3.05) is 0 Å².